The average Bonchev–Trinajstić information content (AvgIpc) is 3.46. The van der Waals surface area contributed by atoms with Crippen LogP contribution in [0.4, 0.5) is 18.3 Å². The largest absolute Gasteiger partial charge is 0.573 e. The predicted octanol–water partition coefficient (Wildman–Crippen LogP) is 6.93. The zero-order valence-corrected chi connectivity index (χ0v) is 21.7. The number of nitrogens with one attached hydrogen (secondary N) is 2. The Morgan fingerprint density at radius 2 is 1.95 bits per heavy atom. The third-order valence-electron chi connectivity index (χ3n) is 5.78. The van der Waals surface area contributed by atoms with Gasteiger partial charge in [-0.05, 0) is 37.1 Å². The summed E-state index contributed by atoms with van der Waals surface area (Å²) in [4.78, 5) is 15.5. The van der Waals surface area contributed by atoms with Gasteiger partial charge in [-0.15, -0.1) is 13.2 Å². The van der Waals surface area contributed by atoms with Crippen LogP contribution < -0.4 is 15.4 Å². The van der Waals surface area contributed by atoms with Crippen molar-refractivity contribution in [1.29, 1.82) is 0 Å². The lowest BCUT2D eigenvalue weighted by atomic mass is 10.0. The van der Waals surface area contributed by atoms with E-state index < -0.39 is 18.1 Å². The minimum absolute atomic E-state index is 0.0763. The number of rotatable bonds is 10. The van der Waals surface area contributed by atoms with Gasteiger partial charge >= 0.3 is 12.3 Å². The van der Waals surface area contributed by atoms with Gasteiger partial charge in [-0.1, -0.05) is 45.8 Å². The molecule has 0 spiro atoms. The minimum atomic E-state index is -4.99. The molecular weight excluding hydrogens is 568 g/mol. The van der Waals surface area contributed by atoms with Crippen LogP contribution >= 0.6 is 34.5 Å². The summed E-state index contributed by atoms with van der Waals surface area (Å²) in [5, 5.41) is 21.1. The highest BCUT2D eigenvalue weighted by Crippen LogP contribution is 2.45. The van der Waals surface area contributed by atoms with Crippen LogP contribution in [0.25, 0.3) is 21.5 Å². The van der Waals surface area contributed by atoms with Crippen molar-refractivity contribution in [3.05, 3.63) is 57.3 Å². The standard InChI is InChI=1S/C24H19Cl2F3N4O4S/c25-14-2-1-3-15(26)18(14)19-13(21(37-33-19)11-4-5-11)10-30-6-7-31-23-32-20-16(36-24(27,28)29)8-12(22(34)35)9-17(20)38-23/h1-3,8-9,11,30H,4-7,10H2,(H,31,32)(H,34,35). The number of benzene rings is 2. The number of hydrogen-bond donors (Lipinski definition) is 3. The fourth-order valence-corrected chi connectivity index (χ4v) is 5.48. The van der Waals surface area contributed by atoms with Gasteiger partial charge in [0.1, 0.15) is 17.0 Å². The number of carbonyl (C=O) groups is 1. The number of aromatic nitrogens is 2. The number of ether oxygens (including phenoxy) is 1. The summed E-state index contributed by atoms with van der Waals surface area (Å²) in [6, 6.07) is 7.29. The van der Waals surface area contributed by atoms with Gasteiger partial charge in [0.05, 0.1) is 20.3 Å². The van der Waals surface area contributed by atoms with E-state index in [9.17, 15) is 23.1 Å². The molecule has 8 nitrogen and oxygen atoms in total. The molecule has 1 aliphatic rings. The van der Waals surface area contributed by atoms with Gasteiger partial charge in [0.2, 0.25) is 0 Å². The quantitative estimate of drug-likeness (QED) is 0.171. The molecule has 0 amide bonds. The normalized spacial score (nSPS) is 13.7. The van der Waals surface area contributed by atoms with Crippen molar-refractivity contribution in [3.8, 4) is 17.0 Å². The zero-order valence-electron chi connectivity index (χ0n) is 19.4. The Hall–Kier alpha value is -3.06. The van der Waals surface area contributed by atoms with Crippen LogP contribution in [0.15, 0.2) is 34.9 Å². The second-order valence-corrected chi connectivity index (χ2v) is 10.4. The third-order valence-corrected chi connectivity index (χ3v) is 7.37. The Labute approximate surface area is 227 Å². The summed E-state index contributed by atoms with van der Waals surface area (Å²) in [7, 11) is 0. The van der Waals surface area contributed by atoms with Crippen LogP contribution in [-0.4, -0.2) is 40.7 Å². The summed E-state index contributed by atoms with van der Waals surface area (Å²) in [5.74, 6) is -0.934. The molecule has 4 aromatic rings. The highest BCUT2D eigenvalue weighted by molar-refractivity contribution is 7.22. The van der Waals surface area contributed by atoms with E-state index in [0.29, 0.717) is 52.0 Å². The van der Waals surface area contributed by atoms with Crippen LogP contribution in [0.1, 0.15) is 40.4 Å². The number of hydrogen-bond acceptors (Lipinski definition) is 8. The summed E-state index contributed by atoms with van der Waals surface area (Å²) >= 11 is 13.8. The van der Waals surface area contributed by atoms with Crippen LogP contribution in [0.5, 0.6) is 5.75 Å². The maximum absolute atomic E-state index is 12.8. The van der Waals surface area contributed by atoms with Crippen LogP contribution in [0.2, 0.25) is 10.0 Å². The number of carboxylic acids is 1. The van der Waals surface area contributed by atoms with E-state index in [-0.39, 0.29) is 15.8 Å². The molecule has 0 unspecified atom stereocenters. The number of aromatic carboxylic acids is 1. The number of thiazole rings is 1. The highest BCUT2D eigenvalue weighted by atomic mass is 35.5. The Balaban J connectivity index is 1.27. The molecule has 1 saturated carbocycles. The smallest absolute Gasteiger partial charge is 0.478 e. The predicted molar refractivity (Wildman–Crippen MR) is 137 cm³/mol. The van der Waals surface area contributed by atoms with Gasteiger partial charge in [0.25, 0.3) is 0 Å². The number of fused-ring (bicyclic) bond motifs is 1. The molecule has 2 aromatic carbocycles. The summed E-state index contributed by atoms with van der Waals surface area (Å²) in [6.45, 7) is 1.28. The first-order chi connectivity index (χ1) is 18.1. The van der Waals surface area contributed by atoms with Crippen LogP contribution in [-0.2, 0) is 6.54 Å². The van der Waals surface area contributed by atoms with E-state index >= 15 is 0 Å². The first-order valence-electron chi connectivity index (χ1n) is 11.4. The van der Waals surface area contributed by atoms with Gasteiger partial charge in [-0.3, -0.25) is 0 Å². The number of anilines is 1. The second kappa shape index (κ2) is 10.6. The fourth-order valence-electron chi connectivity index (χ4n) is 3.95. The third kappa shape index (κ3) is 5.83. The lowest BCUT2D eigenvalue weighted by Crippen LogP contribution is -2.22. The average molecular weight is 587 g/mol. The van der Waals surface area contributed by atoms with Crippen molar-refractivity contribution >= 4 is 55.9 Å². The van der Waals surface area contributed by atoms with Crippen LogP contribution in [0, 0.1) is 0 Å². The van der Waals surface area contributed by atoms with Crippen molar-refractivity contribution in [2.45, 2.75) is 31.7 Å². The van der Waals surface area contributed by atoms with E-state index in [1.165, 1.54) is 6.07 Å². The highest BCUT2D eigenvalue weighted by Gasteiger charge is 2.34. The van der Waals surface area contributed by atoms with Gasteiger partial charge in [0.15, 0.2) is 10.9 Å². The molecule has 3 N–H and O–H groups in total. The number of nitrogens with zero attached hydrogens (tertiary/aromatic N) is 2. The molecule has 1 fully saturated rings. The van der Waals surface area contributed by atoms with E-state index in [1.54, 1.807) is 18.2 Å². The molecule has 14 heteroatoms. The first-order valence-corrected chi connectivity index (χ1v) is 13.0. The summed E-state index contributed by atoms with van der Waals surface area (Å²) in [5.41, 5.74) is 1.66. The maximum atomic E-state index is 12.8. The van der Waals surface area contributed by atoms with E-state index in [2.05, 4.69) is 25.5 Å². The van der Waals surface area contributed by atoms with E-state index in [0.717, 1.165) is 41.6 Å². The van der Waals surface area contributed by atoms with Gasteiger partial charge in [-0.2, -0.15) is 0 Å². The number of alkyl halides is 3. The Morgan fingerprint density at radius 3 is 2.61 bits per heavy atom. The Kier molecular flexibility index (Phi) is 7.40. The lowest BCUT2D eigenvalue weighted by Gasteiger charge is -2.10. The van der Waals surface area contributed by atoms with Gasteiger partial charge in [-0.25, -0.2) is 9.78 Å². The molecule has 0 aliphatic heterocycles. The molecule has 5 rings (SSSR count). The SMILES string of the molecule is O=C(O)c1cc(OC(F)(F)F)c2nc(NCCNCc3c(-c4c(Cl)cccc4Cl)noc3C3CC3)sc2c1. The van der Waals surface area contributed by atoms with Crippen LogP contribution in [0.3, 0.4) is 0 Å². The zero-order chi connectivity index (χ0) is 27.0. The second-order valence-electron chi connectivity index (χ2n) is 8.54. The van der Waals surface area contributed by atoms with E-state index in [1.807, 2.05) is 0 Å². The Morgan fingerprint density at radius 1 is 1.21 bits per heavy atom. The molecule has 2 heterocycles. The van der Waals surface area contributed by atoms with Gasteiger partial charge in [0, 0.05) is 36.7 Å². The van der Waals surface area contributed by atoms with Crippen molar-refractivity contribution in [2.24, 2.45) is 0 Å². The van der Waals surface area contributed by atoms with Crippen molar-refractivity contribution in [3.63, 3.8) is 0 Å². The topological polar surface area (TPSA) is 110 Å². The number of halogens is 5. The molecular formula is C24H19Cl2F3N4O4S. The molecule has 2 aromatic heterocycles. The van der Waals surface area contributed by atoms with Crippen molar-refractivity contribution in [1.82, 2.24) is 15.5 Å². The monoisotopic (exact) mass is 586 g/mol. The molecule has 1 aliphatic carbocycles. The Bertz CT molecular complexity index is 1480. The van der Waals surface area contributed by atoms with Gasteiger partial charge < -0.3 is 25.0 Å². The van der Waals surface area contributed by atoms with E-state index in [4.69, 9.17) is 27.7 Å². The molecule has 0 atom stereocenters. The lowest BCUT2D eigenvalue weighted by molar-refractivity contribution is -0.274. The van der Waals surface area contributed by atoms with Crippen molar-refractivity contribution in [2.75, 3.05) is 18.4 Å². The summed E-state index contributed by atoms with van der Waals surface area (Å²) < 4.78 is 48.4. The molecule has 0 saturated heterocycles. The van der Waals surface area contributed by atoms with Crippen molar-refractivity contribution < 1.29 is 32.3 Å². The molecule has 0 radical (unpaired) electrons. The first kappa shape index (κ1) is 26.5. The molecule has 200 valence electrons. The fraction of sp³-hybridized carbons (Fsp3) is 0.292. The molecule has 0 bridgehead atoms. The molecule has 38 heavy (non-hydrogen) atoms. The minimum Gasteiger partial charge on any atom is -0.478 e. The number of carboxylic acid groups (broad SMARTS) is 1. The maximum Gasteiger partial charge on any atom is 0.573 e. The summed E-state index contributed by atoms with van der Waals surface area (Å²) in [6.07, 6.45) is -2.96.